The minimum atomic E-state index is -2.57. The number of Topliss-reactive ketones (excluding diaryl/α,β-unsaturated/α-hetero) is 1. The van der Waals surface area contributed by atoms with Crippen LogP contribution in [0.2, 0.25) is 0 Å². The number of carbonyl (C=O) groups excluding carboxylic acids is 8. The number of ketones is 1. The maximum atomic E-state index is 13.2. The molecule has 2 fully saturated rings. The Morgan fingerprint density at radius 1 is 0.538 bits per heavy atom. The topological polar surface area (TPSA) is 408 Å². The molecule has 0 spiro atoms. The molecule has 104 heavy (non-hydrogen) atoms. The zero-order valence-electron chi connectivity index (χ0n) is 58.6. The van der Waals surface area contributed by atoms with Crippen molar-refractivity contribution in [3.8, 4) is 33.4 Å². The van der Waals surface area contributed by atoms with Crippen LogP contribution in [0, 0.1) is 0 Å². The van der Waals surface area contributed by atoms with E-state index in [0.29, 0.717) is 65.5 Å². The Morgan fingerprint density at radius 3 is 1.39 bits per heavy atom. The van der Waals surface area contributed by atoms with Crippen LogP contribution in [-0.4, -0.2) is 212 Å². The van der Waals surface area contributed by atoms with Gasteiger partial charge in [-0.1, -0.05) is 146 Å². The van der Waals surface area contributed by atoms with Crippen LogP contribution in [-0.2, 0) is 60.6 Å². The normalized spacial score (nSPS) is 20.9. The smallest absolute Gasteiger partial charge is 0.870 e. The molecule has 0 saturated carbocycles. The van der Waals surface area contributed by atoms with Gasteiger partial charge >= 0.3 is 59.1 Å². The van der Waals surface area contributed by atoms with Gasteiger partial charge in [0.05, 0.1) is 61.7 Å². The third-order valence-electron chi connectivity index (χ3n) is 17.1. The predicted octanol–water partition coefficient (Wildman–Crippen LogP) is -2.79. The van der Waals surface area contributed by atoms with E-state index in [9.17, 15) is 74.1 Å². The number of aliphatic hydroxyl groups excluding tert-OH is 6. The van der Waals surface area contributed by atoms with Crippen LogP contribution in [0.25, 0.3) is 33.4 Å². The van der Waals surface area contributed by atoms with E-state index < -0.39 is 128 Å². The Balaban J connectivity index is 0.00000648. The van der Waals surface area contributed by atoms with Crippen molar-refractivity contribution in [1.29, 1.82) is 0 Å². The second kappa shape index (κ2) is 44.1. The molecule has 12 atom stereocenters. The molecular formula is C75H88N5Na2O20S2-. The molecular weight excluding hydrogens is 1400 g/mol. The predicted molar refractivity (Wildman–Crippen MR) is 379 cm³/mol. The van der Waals surface area contributed by atoms with Gasteiger partial charge in [0.1, 0.15) is 30.4 Å². The van der Waals surface area contributed by atoms with E-state index in [-0.39, 0.29) is 109 Å². The first-order valence-electron chi connectivity index (χ1n) is 33.4. The van der Waals surface area contributed by atoms with Crippen molar-refractivity contribution in [2.75, 3.05) is 55.9 Å². The van der Waals surface area contributed by atoms with E-state index in [1.807, 2.05) is 121 Å². The molecule has 0 bridgehead atoms. The largest absolute Gasteiger partial charge is 1.00 e. The van der Waals surface area contributed by atoms with Crippen LogP contribution in [0.4, 0.5) is 0 Å². The maximum Gasteiger partial charge on any atom is 1.00 e. The summed E-state index contributed by atoms with van der Waals surface area (Å²) in [6.07, 6.45) is -11.4. The van der Waals surface area contributed by atoms with Crippen LogP contribution in [0.1, 0.15) is 84.2 Å². The third kappa shape index (κ3) is 26.3. The third-order valence-corrected chi connectivity index (χ3v) is 19.4. The Labute approximate surface area is 657 Å². The van der Waals surface area contributed by atoms with E-state index in [2.05, 4.69) is 26.6 Å². The summed E-state index contributed by atoms with van der Waals surface area (Å²) in [5.74, 6) is -6.83. The van der Waals surface area contributed by atoms with Gasteiger partial charge in [0, 0.05) is 76.2 Å². The van der Waals surface area contributed by atoms with Gasteiger partial charge < -0.3 is 96.3 Å². The minimum Gasteiger partial charge on any atom is -0.870 e. The molecule has 0 radical (unpaired) electrons. The molecule has 12 N–H and O–H groups in total. The summed E-state index contributed by atoms with van der Waals surface area (Å²) >= 11 is 3.02. The second-order valence-electron chi connectivity index (χ2n) is 24.8. The number of benzene rings is 6. The molecule has 0 aromatic heterocycles. The van der Waals surface area contributed by atoms with Gasteiger partial charge in [0.25, 0.3) is 5.91 Å². The molecule has 2 heterocycles. The zero-order valence-corrected chi connectivity index (χ0v) is 64.2. The molecule has 2 aliphatic heterocycles. The number of thioether (sulfide) groups is 2. The second-order valence-corrected chi connectivity index (χ2v) is 27.3. The van der Waals surface area contributed by atoms with Gasteiger partial charge in [0.15, 0.2) is 5.78 Å². The van der Waals surface area contributed by atoms with Crippen LogP contribution in [0.15, 0.2) is 158 Å². The molecule has 6 aromatic carbocycles. The van der Waals surface area contributed by atoms with Gasteiger partial charge in [-0.25, -0.2) is 6.29 Å². The average Bonchev–Trinajstić information content (AvgIpc) is 0.773. The van der Waals surface area contributed by atoms with E-state index in [1.54, 1.807) is 42.7 Å². The number of nitrogens with one attached hydrogen (secondary N) is 5. The quantitative estimate of drug-likeness (QED) is 0.00808. The van der Waals surface area contributed by atoms with Crippen molar-refractivity contribution in [3.05, 3.63) is 180 Å². The number of carboxylic acids is 1. The molecule has 2 saturated heterocycles. The van der Waals surface area contributed by atoms with Gasteiger partial charge in [-0.2, -0.15) is 23.5 Å². The summed E-state index contributed by atoms with van der Waals surface area (Å²) in [4.78, 5) is 101. The van der Waals surface area contributed by atoms with Crippen molar-refractivity contribution >= 4 is 71.1 Å². The van der Waals surface area contributed by atoms with Crippen molar-refractivity contribution in [2.24, 2.45) is 0 Å². The fraction of sp³-hybridized carbons (Fsp3) is 0.413. The monoisotopic (exact) mass is 1490 g/mol. The molecule has 0 aliphatic carbocycles. The van der Waals surface area contributed by atoms with E-state index in [1.165, 1.54) is 30.4 Å². The van der Waals surface area contributed by atoms with Gasteiger partial charge in [-0.15, -0.1) is 0 Å². The molecule has 8 rings (SSSR count). The van der Waals surface area contributed by atoms with Crippen molar-refractivity contribution in [3.63, 3.8) is 0 Å². The van der Waals surface area contributed by atoms with Crippen LogP contribution >= 0.6 is 23.5 Å². The SMILES string of the molecule is CC(=O)N[C@H]1[C@H]([C@H](O)[C@H](O)CNC(=O)Cc2ccc(-c3ccccc3)cc2)O[C@]([C-]=O)(OCCCSCCNC(=O)c2ccc(-c3ccc(C(=O)CCCSCCCO[C@]4(C(=O)[O-])C[C@H](O)[C@@H](NC(C)=O)[C@H]([C@H](O)[C@H](O)CNC(=O)Cc5ccc(-c6ccccc6)cc5)O4)cc3)cc2)C[C@@H]1O.[Na+].[Na+].[OH-]. The zero-order chi connectivity index (χ0) is 72.5. The maximum absolute atomic E-state index is 13.2. The summed E-state index contributed by atoms with van der Waals surface area (Å²) < 4.78 is 23.3. The number of ether oxygens (including phenoxy) is 4. The van der Waals surface area contributed by atoms with Crippen LogP contribution in [0.5, 0.6) is 0 Å². The summed E-state index contributed by atoms with van der Waals surface area (Å²) in [5, 5.41) is 92.6. The summed E-state index contributed by atoms with van der Waals surface area (Å²) in [6.45, 7) is 1.59. The Kier molecular flexibility index (Phi) is 37.5. The molecule has 6 aromatic rings. The average molecular weight is 1490 g/mol. The number of hydrogen-bond donors (Lipinski definition) is 11. The number of carboxylic acid groups (broad SMARTS) is 1. The number of aliphatic hydroxyl groups is 6. The van der Waals surface area contributed by atoms with Crippen molar-refractivity contribution < 1.29 is 158 Å². The first-order valence-corrected chi connectivity index (χ1v) is 35.7. The summed E-state index contributed by atoms with van der Waals surface area (Å²) in [6, 6.07) is 45.7. The first-order chi connectivity index (χ1) is 48.6. The van der Waals surface area contributed by atoms with Crippen molar-refractivity contribution in [2.45, 2.75) is 138 Å². The Bertz CT molecular complexity index is 3690. The number of amides is 5. The number of hydrogen-bond acceptors (Lipinski definition) is 22. The van der Waals surface area contributed by atoms with Crippen LogP contribution in [0.3, 0.4) is 0 Å². The molecule has 29 heteroatoms. The van der Waals surface area contributed by atoms with E-state index >= 15 is 0 Å². The molecule has 0 unspecified atom stereocenters. The fourth-order valence-electron chi connectivity index (χ4n) is 11.8. The van der Waals surface area contributed by atoms with Crippen molar-refractivity contribution in [1.82, 2.24) is 26.6 Å². The summed E-state index contributed by atoms with van der Waals surface area (Å²) in [7, 11) is 0. The molecule has 548 valence electrons. The molecule has 2 aliphatic rings. The Morgan fingerprint density at radius 2 is 0.942 bits per heavy atom. The minimum absolute atomic E-state index is 0. The van der Waals surface area contributed by atoms with E-state index in [4.69, 9.17) is 18.9 Å². The molecule has 5 amide bonds. The van der Waals surface area contributed by atoms with Gasteiger partial charge in [-0.3, -0.25) is 28.8 Å². The first kappa shape index (κ1) is 88.4. The van der Waals surface area contributed by atoms with Crippen LogP contribution < -0.4 is 90.8 Å². The summed E-state index contributed by atoms with van der Waals surface area (Å²) in [5.41, 5.74) is 8.01. The fourth-order valence-corrected chi connectivity index (χ4v) is 13.4. The van der Waals surface area contributed by atoms with Gasteiger partial charge in [0.2, 0.25) is 29.4 Å². The number of carbonyl (C=O) groups is 7. The molecule has 25 nitrogen and oxygen atoms in total. The Hall–Kier alpha value is -6.26. The van der Waals surface area contributed by atoms with Gasteiger partial charge in [-0.05, 0) is 93.2 Å². The number of aliphatic carboxylic acids is 1. The van der Waals surface area contributed by atoms with E-state index in [0.717, 1.165) is 45.9 Å². The standard InChI is InChI=1S/C75H88N5O19S2.2Na.H2O/c1-47(82)79-66-60(85)42-74(46-81,98-70(66)68(91)62(87)44-77-64(89)40-49-17-21-53(22-18-49)51-12-5-3-6-13-51)96-34-10-38-101-39-33-76-72(93)58-31-27-56(28-32-58)55-25-29-57(30-26-55)59(84)16-9-36-100-37-11-35-97-75(73(94)95)43-61(86)67(80-48(2)83)71(99-75)69(92)63(88)45-78-65(90)41-50-19-23-54(24-20-50)52-14-7-4-8-15-52;;;/h3-8,12-15,17-32,60-63,66-71,85-88,91-92H,9-11,16,33-45H2,1-2H3,(H,76,93)(H,77,89)(H,78,90)(H,79,82)(H,80,83)(H,94,95);;;1H2/q-1;2*+1;/p-2/t60-,61-,62+,63+,66+,67+,68+,69+,70+,71+,74+,75+;;;/m0.../s1. The number of rotatable bonds is 38.